The zero-order valence-corrected chi connectivity index (χ0v) is 11.5. The second-order valence-electron chi connectivity index (χ2n) is 4.53. The van der Waals surface area contributed by atoms with Crippen molar-refractivity contribution >= 4 is 11.4 Å². The summed E-state index contributed by atoms with van der Waals surface area (Å²) in [5.74, 6) is 0. The summed E-state index contributed by atoms with van der Waals surface area (Å²) in [6, 6.07) is 6.68. The van der Waals surface area contributed by atoms with Crippen molar-refractivity contribution in [3.8, 4) is 0 Å². The molecule has 0 radical (unpaired) electrons. The van der Waals surface area contributed by atoms with Crippen molar-refractivity contribution in [3.63, 3.8) is 0 Å². The van der Waals surface area contributed by atoms with Crippen molar-refractivity contribution in [1.29, 1.82) is 0 Å². The number of hydrogen-bond acceptors (Lipinski definition) is 6. The molecule has 7 nitrogen and oxygen atoms in total. The molecule has 1 aromatic rings. The average Bonchev–Trinajstić information content (AvgIpc) is 2.48. The van der Waals surface area contributed by atoms with E-state index in [1.807, 2.05) is 6.92 Å². The van der Waals surface area contributed by atoms with Gasteiger partial charge in [-0.05, 0) is 19.1 Å². The van der Waals surface area contributed by atoms with E-state index in [9.17, 15) is 10.1 Å². The summed E-state index contributed by atoms with van der Waals surface area (Å²) in [5, 5.41) is 10.6. The number of nitrogens with zero attached hydrogens (tertiary/aromatic N) is 3. The molecule has 0 aromatic heterocycles. The first-order valence-corrected chi connectivity index (χ1v) is 6.67. The molecule has 20 heavy (non-hydrogen) atoms. The van der Waals surface area contributed by atoms with Gasteiger partial charge in [0.1, 0.15) is 6.73 Å². The van der Waals surface area contributed by atoms with Crippen LogP contribution < -0.4 is 4.90 Å². The molecule has 7 heteroatoms. The van der Waals surface area contributed by atoms with Crippen molar-refractivity contribution in [2.24, 2.45) is 0 Å². The summed E-state index contributed by atoms with van der Waals surface area (Å²) in [7, 11) is 0. The van der Waals surface area contributed by atoms with Crippen LogP contribution >= 0.6 is 0 Å². The molecule has 110 valence electrons. The van der Waals surface area contributed by atoms with E-state index in [-0.39, 0.29) is 10.6 Å². The Bertz CT molecular complexity index is 430. The highest BCUT2D eigenvalue weighted by Gasteiger charge is 2.17. The van der Waals surface area contributed by atoms with Crippen LogP contribution in [0, 0.1) is 10.1 Å². The molecule has 0 bridgehead atoms. The van der Waals surface area contributed by atoms with E-state index in [1.165, 1.54) is 0 Å². The fourth-order valence-electron chi connectivity index (χ4n) is 2.12. The van der Waals surface area contributed by atoms with Gasteiger partial charge < -0.3 is 4.90 Å². The second-order valence-corrected chi connectivity index (χ2v) is 4.53. The minimum atomic E-state index is -0.382. The largest absolute Gasteiger partial charge is 0.369 e. The lowest BCUT2D eigenvalue weighted by molar-refractivity contribution is -0.384. The lowest BCUT2D eigenvalue weighted by Gasteiger charge is -2.35. The Morgan fingerprint density at radius 1 is 1.15 bits per heavy atom. The van der Waals surface area contributed by atoms with E-state index in [2.05, 4.69) is 9.80 Å². The smallest absolute Gasteiger partial charge is 0.269 e. The molecule has 1 aliphatic heterocycles. The minimum Gasteiger partial charge on any atom is -0.369 e. The Kier molecular flexibility index (Phi) is 5.28. The van der Waals surface area contributed by atoms with E-state index < -0.39 is 0 Å². The van der Waals surface area contributed by atoms with Crippen molar-refractivity contribution in [1.82, 2.24) is 4.90 Å². The number of anilines is 1. The third-order valence-corrected chi connectivity index (χ3v) is 3.23. The maximum absolute atomic E-state index is 10.6. The summed E-state index contributed by atoms with van der Waals surface area (Å²) >= 11 is 0. The number of nitro benzene ring substituents is 1. The lowest BCUT2D eigenvalue weighted by atomic mass is 10.2. The van der Waals surface area contributed by atoms with Crippen LogP contribution in [0.1, 0.15) is 6.92 Å². The number of piperazine rings is 1. The molecular formula is C13H19N3O4. The molecule has 1 heterocycles. The van der Waals surface area contributed by atoms with E-state index in [0.29, 0.717) is 13.3 Å². The van der Waals surface area contributed by atoms with Gasteiger partial charge in [0.2, 0.25) is 0 Å². The van der Waals surface area contributed by atoms with Gasteiger partial charge in [0.25, 0.3) is 5.69 Å². The molecule has 0 aliphatic carbocycles. The first-order chi connectivity index (χ1) is 9.70. The molecule has 1 aliphatic rings. The van der Waals surface area contributed by atoms with Gasteiger partial charge in [-0.2, -0.15) is 0 Å². The van der Waals surface area contributed by atoms with E-state index in [4.69, 9.17) is 9.78 Å². The van der Waals surface area contributed by atoms with Gasteiger partial charge >= 0.3 is 0 Å². The molecule has 0 unspecified atom stereocenters. The topological polar surface area (TPSA) is 68.1 Å². The van der Waals surface area contributed by atoms with Crippen molar-refractivity contribution < 1.29 is 14.7 Å². The molecule has 0 spiro atoms. The highest BCUT2D eigenvalue weighted by molar-refractivity contribution is 5.51. The predicted octanol–water partition coefficient (Wildman–Crippen LogP) is 1.64. The summed E-state index contributed by atoms with van der Waals surface area (Å²) in [4.78, 5) is 24.5. The fourth-order valence-corrected chi connectivity index (χ4v) is 2.12. The van der Waals surface area contributed by atoms with Gasteiger partial charge in [0, 0.05) is 44.0 Å². The van der Waals surface area contributed by atoms with E-state index in [0.717, 1.165) is 31.9 Å². The molecule has 0 amide bonds. The molecule has 1 fully saturated rings. The first kappa shape index (κ1) is 14.7. The quantitative estimate of drug-likeness (QED) is 0.342. The van der Waals surface area contributed by atoms with Crippen LogP contribution in [-0.4, -0.2) is 49.3 Å². The first-order valence-electron chi connectivity index (χ1n) is 6.67. The van der Waals surface area contributed by atoms with Crippen LogP contribution in [0.2, 0.25) is 0 Å². The molecule has 2 rings (SSSR count). The summed E-state index contributed by atoms with van der Waals surface area (Å²) in [5.41, 5.74) is 1.14. The number of non-ortho nitro benzene ring substituents is 1. The van der Waals surface area contributed by atoms with Gasteiger partial charge in [0.15, 0.2) is 0 Å². The summed E-state index contributed by atoms with van der Waals surface area (Å²) in [6.07, 6.45) is 0. The molecule has 1 aromatic carbocycles. The number of hydrogen-bond donors (Lipinski definition) is 0. The van der Waals surface area contributed by atoms with Crippen molar-refractivity contribution in [2.75, 3.05) is 44.4 Å². The molecule has 1 saturated heterocycles. The van der Waals surface area contributed by atoms with Crippen LogP contribution in [0.3, 0.4) is 0 Å². The average molecular weight is 281 g/mol. The molecule has 0 N–H and O–H groups in total. The predicted molar refractivity (Wildman–Crippen MR) is 74.5 cm³/mol. The number of nitro groups is 1. The number of benzene rings is 1. The van der Waals surface area contributed by atoms with Gasteiger partial charge in [-0.15, -0.1) is 0 Å². The fraction of sp³-hybridized carbons (Fsp3) is 0.538. The standard InChI is InChI=1S/C13H19N3O4/c1-2-19-20-11-14-7-9-15(10-8-14)12-3-5-13(6-4-12)16(17)18/h3-6H,2,7-11H2,1H3. The second kappa shape index (κ2) is 7.18. The van der Waals surface area contributed by atoms with Crippen LogP contribution in [0.15, 0.2) is 24.3 Å². The Morgan fingerprint density at radius 3 is 2.35 bits per heavy atom. The monoisotopic (exact) mass is 281 g/mol. The van der Waals surface area contributed by atoms with E-state index >= 15 is 0 Å². The maximum Gasteiger partial charge on any atom is 0.269 e. The van der Waals surface area contributed by atoms with Gasteiger partial charge in [-0.1, -0.05) is 0 Å². The van der Waals surface area contributed by atoms with Gasteiger partial charge in [0.05, 0.1) is 11.5 Å². The normalized spacial score (nSPS) is 16.4. The van der Waals surface area contributed by atoms with Crippen LogP contribution in [0.25, 0.3) is 0 Å². The van der Waals surface area contributed by atoms with Crippen molar-refractivity contribution in [2.45, 2.75) is 6.92 Å². The van der Waals surface area contributed by atoms with Crippen LogP contribution in [0.4, 0.5) is 11.4 Å². The number of rotatable bonds is 6. The van der Waals surface area contributed by atoms with Crippen molar-refractivity contribution in [3.05, 3.63) is 34.4 Å². The minimum absolute atomic E-state index is 0.123. The Morgan fingerprint density at radius 2 is 1.80 bits per heavy atom. The zero-order valence-electron chi connectivity index (χ0n) is 11.5. The third-order valence-electron chi connectivity index (χ3n) is 3.23. The van der Waals surface area contributed by atoms with Crippen LogP contribution in [0.5, 0.6) is 0 Å². The zero-order chi connectivity index (χ0) is 14.4. The van der Waals surface area contributed by atoms with Gasteiger partial charge in [-0.25, -0.2) is 9.78 Å². The highest BCUT2D eigenvalue weighted by Crippen LogP contribution is 2.20. The molecular weight excluding hydrogens is 262 g/mol. The third kappa shape index (κ3) is 3.89. The summed E-state index contributed by atoms with van der Waals surface area (Å²) < 4.78 is 0. The van der Waals surface area contributed by atoms with Crippen LogP contribution in [-0.2, 0) is 9.78 Å². The van der Waals surface area contributed by atoms with E-state index in [1.54, 1.807) is 24.3 Å². The Balaban J connectivity index is 1.82. The Hall–Kier alpha value is -1.70. The lowest BCUT2D eigenvalue weighted by Crippen LogP contribution is -2.47. The molecule has 0 atom stereocenters. The van der Waals surface area contributed by atoms with Gasteiger partial charge in [-0.3, -0.25) is 15.0 Å². The molecule has 0 saturated carbocycles. The highest BCUT2D eigenvalue weighted by atomic mass is 17.2. The Labute approximate surface area is 117 Å². The summed E-state index contributed by atoms with van der Waals surface area (Å²) in [6.45, 7) is 6.39. The SMILES string of the molecule is CCOOCN1CCN(c2ccc([N+](=O)[O-])cc2)CC1. The maximum atomic E-state index is 10.6.